The van der Waals surface area contributed by atoms with Crippen molar-refractivity contribution < 1.29 is 0 Å². The number of nitrogen functional groups attached to an aromatic ring is 2. The third-order valence-corrected chi connectivity index (χ3v) is 1.40. The Morgan fingerprint density at radius 3 is 2.40 bits per heavy atom. The van der Waals surface area contributed by atoms with Crippen molar-refractivity contribution >= 4 is 17.8 Å². The molecule has 0 atom stereocenters. The molecule has 10 heavy (non-hydrogen) atoms. The molecule has 1 heterocycles. The molecule has 0 saturated carbocycles. The number of anilines is 2. The second-order valence-corrected chi connectivity index (χ2v) is 2.00. The van der Waals surface area contributed by atoms with Gasteiger partial charge in [-0.05, 0) is 6.08 Å². The molecule has 0 bridgehead atoms. The molecule has 0 spiro atoms. The molecule has 1 aromatic heterocycles. The molecule has 0 unspecified atom stereocenters. The Morgan fingerprint density at radius 2 is 2.20 bits per heavy atom. The Bertz CT molecular complexity index is 261. The fraction of sp³-hybridized carbons (Fsp3) is 0.167. The molecule has 1 rings (SSSR count). The van der Waals surface area contributed by atoms with Crippen LogP contribution < -0.4 is 11.5 Å². The molecule has 0 aliphatic rings. The number of hydrogen-bond donors (Lipinski definition) is 2. The molecule has 1 aromatic rings. The summed E-state index contributed by atoms with van der Waals surface area (Å²) in [4.78, 5) is 3.83. The van der Waals surface area contributed by atoms with Crippen molar-refractivity contribution in [3.63, 3.8) is 0 Å². The van der Waals surface area contributed by atoms with Crippen LogP contribution in [-0.4, -0.2) is 9.55 Å². The minimum atomic E-state index is 0.410. The SMILES string of the molecule is C=Cc1c(N)nc(N)n1C. The van der Waals surface area contributed by atoms with Gasteiger partial charge in [-0.3, -0.25) is 0 Å². The first-order valence-electron chi connectivity index (χ1n) is 2.87. The first kappa shape index (κ1) is 6.67. The standard InChI is InChI=1S/C6H10N4/c1-3-4-5(7)9-6(8)10(4)2/h3H,1,7H2,2H3,(H2,8,9). The lowest BCUT2D eigenvalue weighted by atomic mass is 10.4. The lowest BCUT2D eigenvalue weighted by Gasteiger charge is -1.95. The highest BCUT2D eigenvalue weighted by atomic mass is 15.2. The van der Waals surface area contributed by atoms with Crippen LogP contribution in [0.2, 0.25) is 0 Å². The van der Waals surface area contributed by atoms with Gasteiger partial charge in [-0.15, -0.1) is 0 Å². The zero-order valence-corrected chi connectivity index (χ0v) is 5.83. The van der Waals surface area contributed by atoms with E-state index in [4.69, 9.17) is 11.5 Å². The summed E-state index contributed by atoms with van der Waals surface area (Å²) in [5.74, 6) is 0.836. The van der Waals surface area contributed by atoms with Crippen LogP contribution >= 0.6 is 0 Å². The van der Waals surface area contributed by atoms with Crippen LogP contribution in [0.1, 0.15) is 5.69 Å². The molecule has 0 aliphatic carbocycles. The predicted molar refractivity (Wildman–Crippen MR) is 42.1 cm³/mol. The maximum Gasteiger partial charge on any atom is 0.202 e. The fourth-order valence-corrected chi connectivity index (χ4v) is 0.792. The van der Waals surface area contributed by atoms with Gasteiger partial charge in [-0.2, -0.15) is 4.98 Å². The van der Waals surface area contributed by atoms with Crippen molar-refractivity contribution in [3.05, 3.63) is 12.3 Å². The molecular formula is C6H10N4. The summed E-state index contributed by atoms with van der Waals surface area (Å²) >= 11 is 0. The summed E-state index contributed by atoms with van der Waals surface area (Å²) in [6.45, 7) is 3.57. The molecule has 0 aliphatic heterocycles. The lowest BCUT2D eigenvalue weighted by molar-refractivity contribution is 0.919. The number of nitrogens with zero attached hydrogens (tertiary/aromatic N) is 2. The monoisotopic (exact) mass is 138 g/mol. The van der Waals surface area contributed by atoms with Gasteiger partial charge in [0.1, 0.15) is 0 Å². The summed E-state index contributed by atoms with van der Waals surface area (Å²) in [6.07, 6.45) is 1.62. The maximum atomic E-state index is 5.47. The first-order valence-corrected chi connectivity index (χ1v) is 2.87. The van der Waals surface area contributed by atoms with Gasteiger partial charge in [0.05, 0.1) is 5.69 Å². The average Bonchev–Trinajstić information content (AvgIpc) is 2.09. The Hall–Kier alpha value is -1.45. The van der Waals surface area contributed by atoms with Crippen LogP contribution in [0.3, 0.4) is 0 Å². The Balaban J connectivity index is 3.33. The van der Waals surface area contributed by atoms with E-state index in [-0.39, 0.29) is 0 Å². The molecule has 0 aromatic carbocycles. The van der Waals surface area contributed by atoms with Gasteiger partial charge in [0.2, 0.25) is 5.95 Å². The second-order valence-electron chi connectivity index (χ2n) is 2.00. The minimum absolute atomic E-state index is 0.410. The number of nitrogens with two attached hydrogens (primary N) is 2. The number of hydrogen-bond acceptors (Lipinski definition) is 3. The van der Waals surface area contributed by atoms with E-state index < -0.39 is 0 Å². The molecule has 0 amide bonds. The van der Waals surface area contributed by atoms with Crippen molar-refractivity contribution in [2.45, 2.75) is 0 Å². The molecule has 0 radical (unpaired) electrons. The van der Waals surface area contributed by atoms with Crippen LogP contribution in [0.25, 0.3) is 6.08 Å². The minimum Gasteiger partial charge on any atom is -0.382 e. The van der Waals surface area contributed by atoms with Crippen molar-refractivity contribution in [3.8, 4) is 0 Å². The highest BCUT2D eigenvalue weighted by Gasteiger charge is 2.04. The summed E-state index contributed by atoms with van der Waals surface area (Å²) in [7, 11) is 1.79. The maximum absolute atomic E-state index is 5.47. The summed E-state index contributed by atoms with van der Waals surface area (Å²) in [6, 6.07) is 0. The van der Waals surface area contributed by atoms with Crippen LogP contribution in [0.5, 0.6) is 0 Å². The van der Waals surface area contributed by atoms with Gasteiger partial charge >= 0.3 is 0 Å². The topological polar surface area (TPSA) is 69.9 Å². The van der Waals surface area contributed by atoms with Gasteiger partial charge in [0.15, 0.2) is 5.82 Å². The zero-order valence-electron chi connectivity index (χ0n) is 5.83. The summed E-state index contributed by atoms with van der Waals surface area (Å²) < 4.78 is 1.68. The predicted octanol–water partition coefficient (Wildman–Crippen LogP) is 0.227. The van der Waals surface area contributed by atoms with E-state index in [9.17, 15) is 0 Å². The van der Waals surface area contributed by atoms with E-state index in [1.165, 1.54) is 0 Å². The average molecular weight is 138 g/mol. The second kappa shape index (κ2) is 2.06. The van der Waals surface area contributed by atoms with Crippen LogP contribution in [0.4, 0.5) is 11.8 Å². The molecule has 54 valence electrons. The van der Waals surface area contributed by atoms with Crippen LogP contribution in [-0.2, 0) is 7.05 Å². The van der Waals surface area contributed by atoms with E-state index >= 15 is 0 Å². The normalized spacial score (nSPS) is 9.70. The number of rotatable bonds is 1. The van der Waals surface area contributed by atoms with Crippen LogP contribution in [0.15, 0.2) is 6.58 Å². The Morgan fingerprint density at radius 1 is 1.60 bits per heavy atom. The number of imidazole rings is 1. The van der Waals surface area contributed by atoms with Gasteiger partial charge in [0, 0.05) is 7.05 Å². The van der Waals surface area contributed by atoms with Gasteiger partial charge in [0.25, 0.3) is 0 Å². The third-order valence-electron chi connectivity index (χ3n) is 1.40. The van der Waals surface area contributed by atoms with Gasteiger partial charge < -0.3 is 16.0 Å². The van der Waals surface area contributed by atoms with Gasteiger partial charge in [-0.25, -0.2) is 0 Å². The lowest BCUT2D eigenvalue weighted by Crippen LogP contribution is -1.98. The third kappa shape index (κ3) is 0.737. The van der Waals surface area contributed by atoms with E-state index in [1.807, 2.05) is 0 Å². The molecule has 0 saturated heterocycles. The van der Waals surface area contributed by atoms with E-state index in [0.717, 1.165) is 5.69 Å². The molecule has 0 fully saturated rings. The molecule has 4 N–H and O–H groups in total. The largest absolute Gasteiger partial charge is 0.382 e. The van der Waals surface area contributed by atoms with Crippen molar-refractivity contribution in [1.82, 2.24) is 9.55 Å². The first-order chi connectivity index (χ1) is 4.66. The summed E-state index contributed by atoms with van der Waals surface area (Å²) in [5, 5.41) is 0. The zero-order chi connectivity index (χ0) is 7.72. The quantitative estimate of drug-likeness (QED) is 0.583. The van der Waals surface area contributed by atoms with Crippen molar-refractivity contribution in [1.29, 1.82) is 0 Å². The van der Waals surface area contributed by atoms with Crippen molar-refractivity contribution in [2.24, 2.45) is 7.05 Å². The molecule has 4 heteroatoms. The molecular weight excluding hydrogens is 128 g/mol. The van der Waals surface area contributed by atoms with E-state index in [1.54, 1.807) is 17.7 Å². The van der Waals surface area contributed by atoms with Crippen molar-refractivity contribution in [2.75, 3.05) is 11.5 Å². The highest BCUT2D eigenvalue weighted by Crippen LogP contribution is 2.13. The van der Waals surface area contributed by atoms with E-state index in [0.29, 0.717) is 11.8 Å². The Kier molecular flexibility index (Phi) is 1.37. The van der Waals surface area contributed by atoms with Crippen LogP contribution in [0, 0.1) is 0 Å². The molecule has 4 nitrogen and oxygen atoms in total. The smallest absolute Gasteiger partial charge is 0.202 e. The van der Waals surface area contributed by atoms with Gasteiger partial charge in [-0.1, -0.05) is 6.58 Å². The Labute approximate surface area is 59.2 Å². The summed E-state index contributed by atoms with van der Waals surface area (Å²) in [5.41, 5.74) is 11.7. The van der Waals surface area contributed by atoms with E-state index in [2.05, 4.69) is 11.6 Å². The highest BCUT2D eigenvalue weighted by molar-refractivity contribution is 5.59. The fourth-order valence-electron chi connectivity index (χ4n) is 0.792. The number of aromatic nitrogens is 2.